The molecule has 17 heavy (non-hydrogen) atoms. The summed E-state index contributed by atoms with van der Waals surface area (Å²) in [4.78, 5) is 11.7. The predicted molar refractivity (Wildman–Crippen MR) is 68.3 cm³/mol. The summed E-state index contributed by atoms with van der Waals surface area (Å²) in [5.74, 6) is 0.537. The van der Waals surface area contributed by atoms with Crippen LogP contribution < -0.4 is 10.9 Å². The predicted octanol–water partition coefficient (Wildman–Crippen LogP) is 1.35. The van der Waals surface area contributed by atoms with Crippen molar-refractivity contribution in [3.8, 4) is 0 Å². The fraction of sp³-hybridized carbons (Fsp3) is 0.667. The Hall–Kier alpha value is -1.36. The Morgan fingerprint density at radius 3 is 2.88 bits per heavy atom. The van der Waals surface area contributed by atoms with E-state index in [0.717, 1.165) is 12.2 Å². The third kappa shape index (κ3) is 4.99. The number of rotatable bonds is 7. The molecule has 0 unspecified atom stereocenters. The highest BCUT2D eigenvalue weighted by atomic mass is 16.5. The zero-order chi connectivity index (χ0) is 12.7. The van der Waals surface area contributed by atoms with Gasteiger partial charge in [-0.2, -0.15) is 5.10 Å². The topological polar surface area (TPSA) is 56.1 Å². The van der Waals surface area contributed by atoms with Gasteiger partial charge in [0.1, 0.15) is 0 Å². The molecule has 0 aliphatic rings. The van der Waals surface area contributed by atoms with Crippen LogP contribution in [0.25, 0.3) is 0 Å². The second-order valence-electron chi connectivity index (χ2n) is 4.28. The number of hydrogen-bond donors (Lipinski definition) is 1. The van der Waals surface area contributed by atoms with E-state index in [4.69, 9.17) is 4.74 Å². The normalized spacial score (nSPS) is 10.8. The van der Waals surface area contributed by atoms with Gasteiger partial charge in [0.25, 0.3) is 5.56 Å². The molecular weight excluding hydrogens is 218 g/mol. The molecule has 0 saturated carbocycles. The van der Waals surface area contributed by atoms with E-state index < -0.39 is 0 Å². The van der Waals surface area contributed by atoms with Crippen LogP contribution in [0, 0.1) is 5.92 Å². The van der Waals surface area contributed by atoms with E-state index in [9.17, 15) is 4.79 Å². The van der Waals surface area contributed by atoms with Crippen molar-refractivity contribution in [2.24, 2.45) is 5.92 Å². The zero-order valence-corrected chi connectivity index (χ0v) is 10.8. The largest absolute Gasteiger partial charge is 0.383 e. The Bertz CT molecular complexity index is 388. The summed E-state index contributed by atoms with van der Waals surface area (Å²) in [7, 11) is 0. The molecule has 0 radical (unpaired) electrons. The average molecular weight is 239 g/mol. The van der Waals surface area contributed by atoms with Crippen LogP contribution in [0.5, 0.6) is 0 Å². The highest BCUT2D eigenvalue weighted by molar-refractivity contribution is 5.38. The van der Waals surface area contributed by atoms with Crippen LogP contribution in [-0.4, -0.2) is 29.5 Å². The van der Waals surface area contributed by atoms with E-state index in [0.29, 0.717) is 25.7 Å². The third-order valence-corrected chi connectivity index (χ3v) is 2.24. The molecule has 0 aromatic carbocycles. The first-order valence-corrected chi connectivity index (χ1v) is 6.02. The SMILES string of the molecule is CCOCCn1ncc(NCC(C)C)cc1=O. The van der Waals surface area contributed by atoms with Gasteiger partial charge in [0.2, 0.25) is 0 Å². The van der Waals surface area contributed by atoms with Crippen LogP contribution in [0.15, 0.2) is 17.1 Å². The maximum absolute atomic E-state index is 11.7. The first kappa shape index (κ1) is 13.7. The maximum atomic E-state index is 11.7. The Labute approximate surface area is 102 Å². The Kier molecular flexibility index (Phi) is 5.69. The molecule has 5 heteroatoms. The standard InChI is InChI=1S/C12H21N3O2/c1-4-17-6-5-15-12(16)7-11(9-14-15)13-8-10(2)3/h7,9-10,13H,4-6,8H2,1-3H3. The number of hydrogen-bond acceptors (Lipinski definition) is 4. The van der Waals surface area contributed by atoms with E-state index >= 15 is 0 Å². The van der Waals surface area contributed by atoms with Crippen LogP contribution >= 0.6 is 0 Å². The third-order valence-electron chi connectivity index (χ3n) is 2.24. The van der Waals surface area contributed by atoms with Gasteiger partial charge in [-0.05, 0) is 12.8 Å². The van der Waals surface area contributed by atoms with Crippen molar-refractivity contribution < 1.29 is 4.74 Å². The lowest BCUT2D eigenvalue weighted by atomic mass is 10.2. The van der Waals surface area contributed by atoms with Gasteiger partial charge in [0.15, 0.2) is 0 Å². The number of nitrogens with one attached hydrogen (secondary N) is 1. The van der Waals surface area contributed by atoms with Crippen molar-refractivity contribution in [1.29, 1.82) is 0 Å². The van der Waals surface area contributed by atoms with Gasteiger partial charge in [-0.3, -0.25) is 4.79 Å². The van der Waals surface area contributed by atoms with E-state index in [-0.39, 0.29) is 5.56 Å². The van der Waals surface area contributed by atoms with E-state index in [1.54, 1.807) is 12.3 Å². The number of nitrogens with zero attached hydrogens (tertiary/aromatic N) is 2. The summed E-state index contributed by atoms with van der Waals surface area (Å²) in [5, 5.41) is 7.26. The van der Waals surface area contributed by atoms with Gasteiger partial charge < -0.3 is 10.1 Å². The van der Waals surface area contributed by atoms with Crippen molar-refractivity contribution in [1.82, 2.24) is 9.78 Å². The number of ether oxygens (including phenoxy) is 1. The second kappa shape index (κ2) is 7.06. The summed E-state index contributed by atoms with van der Waals surface area (Å²) in [6.07, 6.45) is 1.68. The first-order chi connectivity index (χ1) is 8.13. The Balaban J connectivity index is 2.56. The van der Waals surface area contributed by atoms with E-state index in [2.05, 4.69) is 24.3 Å². The molecule has 0 aliphatic carbocycles. The van der Waals surface area contributed by atoms with E-state index in [1.165, 1.54) is 4.68 Å². The number of anilines is 1. The molecule has 1 aromatic rings. The molecule has 0 spiro atoms. The maximum Gasteiger partial charge on any atom is 0.268 e. The fourth-order valence-corrected chi connectivity index (χ4v) is 1.32. The van der Waals surface area contributed by atoms with Crippen LogP contribution in [0.1, 0.15) is 20.8 Å². The zero-order valence-electron chi connectivity index (χ0n) is 10.8. The minimum absolute atomic E-state index is 0.0986. The van der Waals surface area contributed by atoms with Crippen molar-refractivity contribution in [3.05, 3.63) is 22.6 Å². The van der Waals surface area contributed by atoms with Gasteiger partial charge in [-0.1, -0.05) is 13.8 Å². The van der Waals surface area contributed by atoms with Crippen LogP contribution in [0.2, 0.25) is 0 Å². The smallest absolute Gasteiger partial charge is 0.268 e. The highest BCUT2D eigenvalue weighted by Crippen LogP contribution is 2.01. The molecule has 1 rings (SSSR count). The number of aromatic nitrogens is 2. The highest BCUT2D eigenvalue weighted by Gasteiger charge is 2.00. The monoisotopic (exact) mass is 239 g/mol. The summed E-state index contributed by atoms with van der Waals surface area (Å²) in [6, 6.07) is 1.57. The van der Waals surface area contributed by atoms with Crippen molar-refractivity contribution >= 4 is 5.69 Å². The molecule has 0 fully saturated rings. The van der Waals surface area contributed by atoms with Crippen LogP contribution in [0.3, 0.4) is 0 Å². The minimum Gasteiger partial charge on any atom is -0.383 e. The molecule has 0 bridgehead atoms. The summed E-state index contributed by atoms with van der Waals surface area (Å²) >= 11 is 0. The van der Waals surface area contributed by atoms with Crippen molar-refractivity contribution in [3.63, 3.8) is 0 Å². The van der Waals surface area contributed by atoms with Gasteiger partial charge in [0, 0.05) is 19.2 Å². The fourth-order valence-electron chi connectivity index (χ4n) is 1.32. The molecule has 1 heterocycles. The Morgan fingerprint density at radius 2 is 2.29 bits per heavy atom. The molecule has 1 N–H and O–H groups in total. The van der Waals surface area contributed by atoms with Crippen LogP contribution in [0.4, 0.5) is 5.69 Å². The molecule has 0 atom stereocenters. The molecule has 0 saturated heterocycles. The molecule has 0 aliphatic heterocycles. The van der Waals surface area contributed by atoms with Crippen LogP contribution in [-0.2, 0) is 11.3 Å². The first-order valence-electron chi connectivity index (χ1n) is 6.02. The summed E-state index contributed by atoms with van der Waals surface area (Å²) in [5.41, 5.74) is 0.676. The minimum atomic E-state index is -0.0986. The summed E-state index contributed by atoms with van der Waals surface area (Å²) in [6.45, 7) is 8.66. The van der Waals surface area contributed by atoms with E-state index in [1.807, 2.05) is 6.92 Å². The quantitative estimate of drug-likeness (QED) is 0.730. The molecule has 0 amide bonds. The van der Waals surface area contributed by atoms with Gasteiger partial charge in [-0.15, -0.1) is 0 Å². The lowest BCUT2D eigenvalue weighted by Crippen LogP contribution is -2.25. The Morgan fingerprint density at radius 1 is 1.53 bits per heavy atom. The van der Waals surface area contributed by atoms with Crippen molar-refractivity contribution in [2.45, 2.75) is 27.3 Å². The van der Waals surface area contributed by atoms with Crippen molar-refractivity contribution in [2.75, 3.05) is 25.1 Å². The summed E-state index contributed by atoms with van der Waals surface area (Å²) < 4.78 is 6.60. The molecule has 1 aromatic heterocycles. The lowest BCUT2D eigenvalue weighted by molar-refractivity contribution is 0.135. The van der Waals surface area contributed by atoms with Gasteiger partial charge in [-0.25, -0.2) is 4.68 Å². The average Bonchev–Trinajstić information content (AvgIpc) is 2.29. The lowest BCUT2D eigenvalue weighted by Gasteiger charge is -2.09. The second-order valence-corrected chi connectivity index (χ2v) is 4.28. The molecular formula is C12H21N3O2. The van der Waals surface area contributed by atoms with Gasteiger partial charge >= 0.3 is 0 Å². The molecule has 5 nitrogen and oxygen atoms in total. The van der Waals surface area contributed by atoms with Gasteiger partial charge in [0.05, 0.1) is 25.0 Å². The molecule has 96 valence electrons.